The molecule has 0 radical (unpaired) electrons. The van der Waals surface area contributed by atoms with Crippen molar-refractivity contribution in [1.82, 2.24) is 10.2 Å². The second-order valence-electron chi connectivity index (χ2n) is 9.38. The van der Waals surface area contributed by atoms with Crippen molar-refractivity contribution in [2.75, 3.05) is 18.0 Å². The fourth-order valence-electron chi connectivity index (χ4n) is 4.15. The maximum Gasteiger partial charge on any atom is 0.264 e. The highest BCUT2D eigenvalue weighted by atomic mass is 35.5. The second kappa shape index (κ2) is 13.6. The number of carbonyl (C=O) groups is 2. The first-order valence-electron chi connectivity index (χ1n) is 12.7. The average Bonchev–Trinajstić information content (AvgIpc) is 2.92. The van der Waals surface area contributed by atoms with Gasteiger partial charge in [0.15, 0.2) is 0 Å². The van der Waals surface area contributed by atoms with Crippen molar-refractivity contribution < 1.29 is 27.1 Å². The van der Waals surface area contributed by atoms with E-state index in [2.05, 4.69) is 5.32 Å². The Morgan fingerprint density at radius 1 is 1.02 bits per heavy atom. The van der Waals surface area contributed by atoms with Gasteiger partial charge < -0.3 is 15.0 Å². The Labute approximate surface area is 239 Å². The molecule has 0 aliphatic carbocycles. The number of hydrogen-bond donors (Lipinski definition) is 1. The lowest BCUT2D eigenvalue weighted by molar-refractivity contribution is -0.140. The first-order chi connectivity index (χ1) is 19.0. The van der Waals surface area contributed by atoms with E-state index in [1.165, 1.54) is 66.6 Å². The van der Waals surface area contributed by atoms with Crippen LogP contribution in [-0.4, -0.2) is 50.9 Å². The first kappa shape index (κ1) is 30.9. The van der Waals surface area contributed by atoms with E-state index in [1.54, 1.807) is 39.0 Å². The predicted molar refractivity (Wildman–Crippen MR) is 153 cm³/mol. The summed E-state index contributed by atoms with van der Waals surface area (Å²) in [6, 6.07) is 16.6. The lowest BCUT2D eigenvalue weighted by Gasteiger charge is -2.33. The van der Waals surface area contributed by atoms with Crippen molar-refractivity contribution in [3.63, 3.8) is 0 Å². The van der Waals surface area contributed by atoms with E-state index < -0.39 is 34.3 Å². The minimum Gasteiger partial charge on any atom is -0.495 e. The molecule has 0 bridgehead atoms. The standard InChI is InChI=1S/C29H33ClFN3O5S/c1-5-26(29(36)32-20(2)3)33(18-21-11-13-22(31)14-12-21)28(35)19-34(23-15-16-27(39-4)25(30)17-23)40(37,38)24-9-7-6-8-10-24/h6-17,20,26H,5,18-19H2,1-4H3,(H,32,36)/t26-/m1/s1. The maximum atomic E-state index is 14.0. The number of nitrogens with one attached hydrogen (secondary N) is 1. The lowest BCUT2D eigenvalue weighted by atomic mass is 10.1. The number of halogens is 2. The Balaban J connectivity index is 2.08. The monoisotopic (exact) mass is 589 g/mol. The van der Waals surface area contributed by atoms with Gasteiger partial charge in [0.05, 0.1) is 22.7 Å². The van der Waals surface area contributed by atoms with Crippen molar-refractivity contribution in [3.8, 4) is 5.75 Å². The van der Waals surface area contributed by atoms with E-state index in [9.17, 15) is 22.4 Å². The number of benzene rings is 3. The molecule has 0 heterocycles. The van der Waals surface area contributed by atoms with E-state index in [-0.39, 0.29) is 40.5 Å². The highest BCUT2D eigenvalue weighted by Gasteiger charge is 2.34. The lowest BCUT2D eigenvalue weighted by Crippen LogP contribution is -2.53. The minimum absolute atomic E-state index is 0.0237. The van der Waals surface area contributed by atoms with Gasteiger partial charge in [0.2, 0.25) is 11.8 Å². The molecule has 0 aliphatic heterocycles. The predicted octanol–water partition coefficient (Wildman–Crippen LogP) is 5.02. The molecule has 3 aromatic carbocycles. The third-order valence-corrected chi connectivity index (χ3v) is 8.20. The molecule has 0 spiro atoms. The van der Waals surface area contributed by atoms with Crippen LogP contribution < -0.4 is 14.4 Å². The Bertz CT molecular complexity index is 1420. The summed E-state index contributed by atoms with van der Waals surface area (Å²) in [6.45, 7) is 4.71. The van der Waals surface area contributed by atoms with Gasteiger partial charge in [-0.25, -0.2) is 12.8 Å². The van der Waals surface area contributed by atoms with Gasteiger partial charge in [-0.3, -0.25) is 13.9 Å². The molecule has 2 amide bonds. The van der Waals surface area contributed by atoms with Crippen LogP contribution in [0.2, 0.25) is 5.02 Å². The molecule has 0 aromatic heterocycles. The number of methoxy groups -OCH3 is 1. The molecule has 0 aliphatic rings. The van der Waals surface area contributed by atoms with Crippen LogP contribution in [-0.2, 0) is 26.2 Å². The zero-order valence-electron chi connectivity index (χ0n) is 22.8. The van der Waals surface area contributed by atoms with Gasteiger partial charge in [-0.1, -0.05) is 48.9 Å². The van der Waals surface area contributed by atoms with Gasteiger partial charge in [0.25, 0.3) is 10.0 Å². The van der Waals surface area contributed by atoms with Crippen molar-refractivity contribution in [2.24, 2.45) is 0 Å². The van der Waals surface area contributed by atoms with E-state index in [0.717, 1.165) is 4.31 Å². The van der Waals surface area contributed by atoms with Crippen LogP contribution in [0.25, 0.3) is 0 Å². The Morgan fingerprint density at radius 2 is 1.68 bits per heavy atom. The number of hydrogen-bond acceptors (Lipinski definition) is 5. The molecule has 11 heteroatoms. The Kier molecular flexibility index (Phi) is 10.5. The van der Waals surface area contributed by atoms with Crippen molar-refractivity contribution in [2.45, 2.75) is 50.7 Å². The molecule has 1 atom stereocenters. The number of ether oxygens (including phenoxy) is 1. The van der Waals surface area contributed by atoms with Crippen LogP contribution in [0.15, 0.2) is 77.7 Å². The van der Waals surface area contributed by atoms with E-state index >= 15 is 0 Å². The molecular formula is C29H33ClFN3O5S. The van der Waals surface area contributed by atoms with Gasteiger partial charge in [0.1, 0.15) is 24.2 Å². The van der Waals surface area contributed by atoms with Crippen LogP contribution in [0.3, 0.4) is 0 Å². The summed E-state index contributed by atoms with van der Waals surface area (Å²) in [7, 11) is -2.80. The van der Waals surface area contributed by atoms with Crippen LogP contribution in [0.1, 0.15) is 32.8 Å². The maximum absolute atomic E-state index is 14.0. The van der Waals surface area contributed by atoms with Gasteiger partial charge >= 0.3 is 0 Å². The molecule has 0 unspecified atom stereocenters. The summed E-state index contributed by atoms with van der Waals surface area (Å²) in [5.41, 5.74) is 0.722. The molecule has 40 heavy (non-hydrogen) atoms. The first-order valence-corrected chi connectivity index (χ1v) is 14.5. The quantitative estimate of drug-likeness (QED) is 0.320. The normalized spacial score (nSPS) is 12.1. The largest absolute Gasteiger partial charge is 0.495 e. The third kappa shape index (κ3) is 7.51. The van der Waals surface area contributed by atoms with Crippen molar-refractivity contribution in [1.29, 1.82) is 0 Å². The molecule has 0 saturated heterocycles. The molecule has 214 valence electrons. The second-order valence-corrected chi connectivity index (χ2v) is 11.6. The summed E-state index contributed by atoms with van der Waals surface area (Å²) < 4.78 is 47.4. The number of carbonyl (C=O) groups excluding carboxylic acids is 2. The zero-order chi connectivity index (χ0) is 29.4. The fourth-order valence-corrected chi connectivity index (χ4v) is 5.82. The van der Waals surface area contributed by atoms with Gasteiger partial charge in [-0.05, 0) is 68.3 Å². The molecule has 0 saturated carbocycles. The molecule has 1 N–H and O–H groups in total. The molecule has 3 rings (SSSR count). The molecule has 8 nitrogen and oxygen atoms in total. The molecular weight excluding hydrogens is 557 g/mol. The Hall–Kier alpha value is -3.63. The van der Waals surface area contributed by atoms with Gasteiger partial charge in [-0.15, -0.1) is 0 Å². The minimum atomic E-state index is -4.23. The summed E-state index contributed by atoms with van der Waals surface area (Å²) in [6.07, 6.45) is 0.269. The number of sulfonamides is 1. The zero-order valence-corrected chi connectivity index (χ0v) is 24.4. The number of rotatable bonds is 12. The average molecular weight is 590 g/mol. The van der Waals surface area contributed by atoms with Gasteiger partial charge in [-0.2, -0.15) is 0 Å². The Morgan fingerprint density at radius 3 is 2.23 bits per heavy atom. The van der Waals surface area contributed by atoms with Crippen LogP contribution in [0.4, 0.5) is 10.1 Å². The van der Waals surface area contributed by atoms with Crippen LogP contribution >= 0.6 is 11.6 Å². The van der Waals surface area contributed by atoms with E-state index in [0.29, 0.717) is 11.3 Å². The van der Waals surface area contributed by atoms with Gasteiger partial charge in [0, 0.05) is 12.6 Å². The number of amides is 2. The number of anilines is 1. The summed E-state index contributed by atoms with van der Waals surface area (Å²) in [5, 5.41) is 2.99. The fraction of sp³-hybridized carbons (Fsp3) is 0.310. The SMILES string of the molecule is CC[C@H](C(=O)NC(C)C)N(Cc1ccc(F)cc1)C(=O)CN(c1ccc(OC)c(Cl)c1)S(=O)(=O)c1ccccc1. The third-order valence-electron chi connectivity index (χ3n) is 6.12. The summed E-state index contributed by atoms with van der Waals surface area (Å²) >= 11 is 6.33. The van der Waals surface area contributed by atoms with Crippen LogP contribution in [0.5, 0.6) is 5.75 Å². The smallest absolute Gasteiger partial charge is 0.264 e. The molecule has 3 aromatic rings. The highest BCUT2D eigenvalue weighted by molar-refractivity contribution is 7.92. The van der Waals surface area contributed by atoms with Crippen LogP contribution in [0, 0.1) is 5.82 Å². The van der Waals surface area contributed by atoms with Crippen molar-refractivity contribution in [3.05, 3.63) is 89.2 Å². The summed E-state index contributed by atoms with van der Waals surface area (Å²) in [4.78, 5) is 28.4. The van der Waals surface area contributed by atoms with E-state index in [4.69, 9.17) is 16.3 Å². The summed E-state index contributed by atoms with van der Waals surface area (Å²) in [5.74, 6) is -1.11. The number of nitrogens with zero attached hydrogens (tertiary/aromatic N) is 2. The van der Waals surface area contributed by atoms with E-state index in [1.807, 2.05) is 0 Å². The topological polar surface area (TPSA) is 96.0 Å². The molecule has 0 fully saturated rings. The highest BCUT2D eigenvalue weighted by Crippen LogP contribution is 2.32. The van der Waals surface area contributed by atoms with Crippen molar-refractivity contribution >= 4 is 39.1 Å².